The molecular formula is C51H57N9O5. The molecule has 14 heteroatoms. The zero-order valence-electron chi connectivity index (χ0n) is 38.7. The number of hydrogen-bond acceptors (Lipinski definition) is 13. The zero-order valence-corrected chi connectivity index (χ0v) is 38.7. The lowest BCUT2D eigenvalue weighted by Gasteiger charge is -2.16. The van der Waals surface area contributed by atoms with Crippen LogP contribution >= 0.6 is 0 Å². The maximum absolute atomic E-state index is 8.79. The Morgan fingerprint density at radius 2 is 0.954 bits per heavy atom. The minimum Gasteiger partial charge on any atom is -0.508 e. The Morgan fingerprint density at radius 3 is 1.28 bits per heavy atom. The number of nitrogens with one attached hydrogen (secondary N) is 2. The van der Waals surface area contributed by atoms with Gasteiger partial charge in [-0.15, -0.1) is 0 Å². The number of nitriles is 5. The Morgan fingerprint density at radius 1 is 0.600 bits per heavy atom. The topological polar surface area (TPSA) is 237 Å². The molecule has 0 spiro atoms. The fourth-order valence-corrected chi connectivity index (χ4v) is 4.52. The Bertz CT molecular complexity index is 2410. The lowest BCUT2D eigenvalue weighted by atomic mass is 9.92. The van der Waals surface area contributed by atoms with Gasteiger partial charge in [0.25, 0.3) is 0 Å². The normalized spacial score (nSPS) is 9.74. The van der Waals surface area contributed by atoms with Crippen LogP contribution in [0, 0.1) is 67.7 Å². The third kappa shape index (κ3) is 25.7. The molecule has 0 saturated carbocycles. The number of hydrogen-bond donors (Lipinski definition) is 3. The highest BCUT2D eigenvalue weighted by atomic mass is 16.5. The first-order chi connectivity index (χ1) is 31.1. The molecule has 5 aromatic rings. The molecule has 0 aliphatic rings. The van der Waals surface area contributed by atoms with E-state index in [2.05, 4.69) is 36.1 Å². The molecular weight excluding hydrogens is 819 g/mol. The molecule has 5 rings (SSSR count). The molecule has 0 fully saturated rings. The van der Waals surface area contributed by atoms with Crippen molar-refractivity contribution in [1.82, 2.24) is 5.32 Å². The molecule has 0 aromatic heterocycles. The molecule has 0 aliphatic carbocycles. The molecule has 0 unspecified atom stereocenters. The van der Waals surface area contributed by atoms with Crippen LogP contribution in [0.25, 0.3) is 0 Å². The number of aromatic hydroxyl groups is 1. The van der Waals surface area contributed by atoms with Gasteiger partial charge < -0.3 is 29.5 Å². The lowest BCUT2D eigenvalue weighted by Crippen LogP contribution is -2.20. The molecule has 5 aromatic carbocycles. The van der Waals surface area contributed by atoms with Gasteiger partial charge in [0.2, 0.25) is 6.19 Å². The molecule has 14 nitrogen and oxygen atoms in total. The summed E-state index contributed by atoms with van der Waals surface area (Å²) < 4.78 is 20.0. The number of nitrogens with zero attached hydrogens (tertiary/aromatic N) is 7. The third-order valence-electron chi connectivity index (χ3n) is 8.13. The molecule has 0 amide bonds. The summed E-state index contributed by atoms with van der Waals surface area (Å²) >= 11 is 0. The van der Waals surface area contributed by atoms with Crippen molar-refractivity contribution >= 4 is 17.3 Å². The first kappa shape index (κ1) is 56.4. The van der Waals surface area contributed by atoms with Gasteiger partial charge in [0.1, 0.15) is 34.6 Å². The van der Waals surface area contributed by atoms with Gasteiger partial charge in [0.05, 0.1) is 63.5 Å². The first-order valence-electron chi connectivity index (χ1n) is 19.7. The Hall–Kier alpha value is -8.64. The van der Waals surface area contributed by atoms with Gasteiger partial charge in [-0.2, -0.15) is 31.3 Å². The molecule has 0 bridgehead atoms. The van der Waals surface area contributed by atoms with Gasteiger partial charge in [-0.1, -0.05) is 20.8 Å². The van der Waals surface area contributed by atoms with Crippen LogP contribution in [-0.4, -0.2) is 57.3 Å². The van der Waals surface area contributed by atoms with Crippen LogP contribution in [0.15, 0.2) is 131 Å². The average Bonchev–Trinajstić information content (AvgIpc) is 3.32. The monoisotopic (exact) mass is 875 g/mol. The third-order valence-corrected chi connectivity index (χ3v) is 8.13. The molecule has 0 radical (unpaired) electrons. The number of ether oxygens (including phenoxy) is 4. The minimum atomic E-state index is 0.189. The predicted octanol–water partition coefficient (Wildman–Crippen LogP) is 10.4. The minimum absolute atomic E-state index is 0.189. The van der Waals surface area contributed by atoms with Crippen LogP contribution in [-0.2, 0) is 0 Å². The SMILES string of the molecule is CC#N.COc1ccc(C#N)cc1.COc1ccc(C(=NCCC(C)(C)C)NC#N)cc1.COc1ccc(C(C)=N)cc1.COc1ccc(C(C)=NC#N)cc1.N#Cc1ccc(O)cc1. The fourth-order valence-electron chi connectivity index (χ4n) is 4.52. The van der Waals surface area contributed by atoms with Crippen molar-refractivity contribution in [3.63, 3.8) is 0 Å². The summed E-state index contributed by atoms with van der Waals surface area (Å²) in [7, 11) is 6.47. The second-order valence-corrected chi connectivity index (χ2v) is 14.1. The van der Waals surface area contributed by atoms with Crippen LogP contribution in [0.5, 0.6) is 28.7 Å². The highest BCUT2D eigenvalue weighted by molar-refractivity contribution is 6.00. The Balaban J connectivity index is 0.000000795. The largest absolute Gasteiger partial charge is 0.508 e. The van der Waals surface area contributed by atoms with Crippen molar-refractivity contribution in [2.75, 3.05) is 35.0 Å². The van der Waals surface area contributed by atoms with Crippen molar-refractivity contribution in [2.24, 2.45) is 15.4 Å². The quantitative estimate of drug-likeness (QED) is 0.0545. The second kappa shape index (κ2) is 33.0. The molecule has 0 atom stereocenters. The molecule has 0 heterocycles. The zero-order chi connectivity index (χ0) is 49.0. The van der Waals surface area contributed by atoms with E-state index in [0.717, 1.165) is 46.1 Å². The van der Waals surface area contributed by atoms with Crippen LogP contribution in [0.3, 0.4) is 0 Å². The summed E-state index contributed by atoms with van der Waals surface area (Å²) in [6.45, 7) is 12.2. The Labute approximate surface area is 384 Å². The molecule has 3 N–H and O–H groups in total. The van der Waals surface area contributed by atoms with Crippen molar-refractivity contribution in [3.8, 4) is 59.3 Å². The average molecular weight is 876 g/mol. The Kier molecular flexibility index (Phi) is 28.7. The van der Waals surface area contributed by atoms with Crippen molar-refractivity contribution in [1.29, 1.82) is 31.7 Å². The van der Waals surface area contributed by atoms with Crippen molar-refractivity contribution in [3.05, 3.63) is 149 Å². The van der Waals surface area contributed by atoms with E-state index in [1.54, 1.807) is 90.9 Å². The van der Waals surface area contributed by atoms with Crippen LogP contribution in [0.4, 0.5) is 0 Å². The van der Waals surface area contributed by atoms with Crippen LogP contribution in [0.1, 0.15) is 75.8 Å². The maximum atomic E-state index is 8.79. The number of phenols is 1. The van der Waals surface area contributed by atoms with Crippen LogP contribution < -0.4 is 24.3 Å². The number of aliphatic imine (C=N–C) groups is 2. The summed E-state index contributed by atoms with van der Waals surface area (Å²) in [6.07, 6.45) is 4.65. The van der Waals surface area contributed by atoms with Gasteiger partial charge in [-0.3, -0.25) is 10.3 Å². The van der Waals surface area contributed by atoms with E-state index in [9.17, 15) is 0 Å². The number of phenolic OH excluding ortho intramolecular Hbond substituents is 1. The number of rotatable bonds is 9. The van der Waals surface area contributed by atoms with Crippen LogP contribution in [0.2, 0.25) is 0 Å². The molecule has 65 heavy (non-hydrogen) atoms. The first-order valence-corrected chi connectivity index (χ1v) is 19.7. The number of benzene rings is 5. The van der Waals surface area contributed by atoms with E-state index >= 15 is 0 Å². The van der Waals surface area contributed by atoms with E-state index in [1.165, 1.54) is 19.1 Å². The van der Waals surface area contributed by atoms with Gasteiger partial charge in [-0.25, -0.2) is 0 Å². The summed E-state index contributed by atoms with van der Waals surface area (Å²) in [5.74, 6) is 3.99. The van der Waals surface area contributed by atoms with Crippen molar-refractivity contribution < 1.29 is 24.1 Å². The van der Waals surface area contributed by atoms with Gasteiger partial charge >= 0.3 is 0 Å². The summed E-state index contributed by atoms with van der Waals surface area (Å²) in [6, 6.07) is 41.1. The van der Waals surface area contributed by atoms with E-state index < -0.39 is 0 Å². The summed E-state index contributed by atoms with van der Waals surface area (Å²) in [4.78, 5) is 8.10. The maximum Gasteiger partial charge on any atom is 0.205 e. The standard InChI is InChI=1S/C15H21N3O.C10H10N2O.C9H11NO.C8H7NO.C7H5NO.C2H3N/c1-15(2,3)9-10-17-14(18-11-16)12-5-7-13(19-4)8-6-12;1-8(12-7-11)9-3-5-10(13-2)6-4-9;1-7(10)8-3-5-9(11-2)6-4-8;1-10-8-4-2-7(6-9)3-5-8;8-5-6-1-3-7(9)4-2-6;1-2-3/h5-8H,9-10H2,1-4H3,(H,17,18);3-6H,1-2H3;3-6,10H,1-2H3;2-5H,1H3;1-4,9H;1H3. The predicted molar refractivity (Wildman–Crippen MR) is 255 cm³/mol. The highest BCUT2D eigenvalue weighted by Gasteiger charge is 2.10. The van der Waals surface area contributed by atoms with E-state index in [1.807, 2.05) is 91.1 Å². The molecule has 0 saturated heterocycles. The summed E-state index contributed by atoms with van der Waals surface area (Å²) in [5.41, 5.74) is 5.50. The molecule has 0 aliphatic heterocycles. The smallest absolute Gasteiger partial charge is 0.205 e. The van der Waals surface area contributed by atoms with E-state index in [4.69, 9.17) is 55.8 Å². The number of methoxy groups -OCH3 is 4. The highest BCUT2D eigenvalue weighted by Crippen LogP contribution is 2.19. The van der Waals surface area contributed by atoms with E-state index in [0.29, 0.717) is 34.9 Å². The van der Waals surface area contributed by atoms with Gasteiger partial charge in [0.15, 0.2) is 6.19 Å². The molecule has 336 valence electrons. The van der Waals surface area contributed by atoms with E-state index in [-0.39, 0.29) is 11.2 Å². The number of amidine groups is 1. The lowest BCUT2D eigenvalue weighted by molar-refractivity contribution is 0.385. The van der Waals surface area contributed by atoms with Gasteiger partial charge in [0, 0.05) is 24.7 Å². The van der Waals surface area contributed by atoms with Crippen molar-refractivity contribution in [2.45, 2.75) is 48.0 Å². The second-order valence-electron chi connectivity index (χ2n) is 14.1. The van der Waals surface area contributed by atoms with Gasteiger partial charge in [-0.05, 0) is 158 Å². The summed E-state index contributed by atoms with van der Waals surface area (Å²) in [5, 5.41) is 59.9. The fraction of sp³-hybridized carbons (Fsp3) is 0.255.